The molecule has 0 amide bonds. The van der Waals surface area contributed by atoms with Crippen LogP contribution in [0.1, 0.15) is 5.56 Å². The lowest BCUT2D eigenvalue weighted by Gasteiger charge is -1.98. The molecule has 1 aromatic rings. The monoisotopic (exact) mass is 281 g/mol. The fourth-order valence-corrected chi connectivity index (χ4v) is 2.04. The maximum absolute atomic E-state index is 5.25. The number of hydrazine groups is 1. The summed E-state index contributed by atoms with van der Waals surface area (Å²) in [6.45, 7) is 0. The molecule has 60 valence electrons. The lowest BCUT2D eigenvalue weighted by atomic mass is 10.3. The molecule has 3 nitrogen and oxygen atoms in total. The van der Waals surface area contributed by atoms with E-state index in [-0.39, 0.29) is 0 Å². The normalized spacial score (nSPS) is 11.7. The molecule has 1 rings (SSSR count). The first-order chi connectivity index (χ1) is 5.27. The maximum atomic E-state index is 5.25. The van der Waals surface area contributed by atoms with Crippen LogP contribution in [-0.2, 0) is 0 Å². The van der Waals surface area contributed by atoms with E-state index >= 15 is 0 Å². The third kappa shape index (κ3) is 2.14. The van der Waals surface area contributed by atoms with E-state index in [1.54, 1.807) is 18.4 Å². The van der Waals surface area contributed by atoms with E-state index in [0.717, 1.165) is 11.4 Å². The Kier molecular flexibility index (Phi) is 3.28. The van der Waals surface area contributed by atoms with Crippen LogP contribution in [0.5, 0.6) is 0 Å². The summed E-state index contributed by atoms with van der Waals surface area (Å²) in [5.41, 5.74) is 3.58. The molecule has 0 atom stereocenters. The molecule has 5 heteroatoms. The fraction of sp³-hybridized carbons (Fsp3) is 0.167. The first-order valence-electron chi connectivity index (χ1n) is 2.95. The molecule has 0 fully saturated rings. The number of rotatable bonds is 1. The Hall–Kier alpha value is -0.140. The molecular weight excluding hydrogens is 273 g/mol. The summed E-state index contributed by atoms with van der Waals surface area (Å²) in [7, 11) is 1.71. The van der Waals surface area contributed by atoms with Crippen LogP contribution < -0.4 is 11.3 Å². The molecule has 0 radical (unpaired) electrons. The van der Waals surface area contributed by atoms with Gasteiger partial charge in [-0.3, -0.25) is 4.99 Å². The summed E-state index contributed by atoms with van der Waals surface area (Å²) in [6.07, 6.45) is 0. The summed E-state index contributed by atoms with van der Waals surface area (Å²) in [5.74, 6) is 5.97. The van der Waals surface area contributed by atoms with Crippen molar-refractivity contribution in [3.8, 4) is 0 Å². The van der Waals surface area contributed by atoms with Gasteiger partial charge in [0.1, 0.15) is 5.84 Å². The molecule has 0 saturated carbocycles. The zero-order chi connectivity index (χ0) is 8.27. The van der Waals surface area contributed by atoms with Crippen molar-refractivity contribution in [2.75, 3.05) is 7.05 Å². The van der Waals surface area contributed by atoms with E-state index in [4.69, 9.17) is 5.84 Å². The van der Waals surface area contributed by atoms with Crippen LogP contribution in [0.3, 0.4) is 0 Å². The minimum absolute atomic E-state index is 0.726. The second-order valence-corrected chi connectivity index (χ2v) is 4.66. The van der Waals surface area contributed by atoms with Crippen LogP contribution in [-0.4, -0.2) is 12.9 Å². The van der Waals surface area contributed by atoms with Gasteiger partial charge >= 0.3 is 0 Å². The molecule has 0 spiro atoms. The van der Waals surface area contributed by atoms with Crippen LogP contribution in [0.25, 0.3) is 0 Å². The number of hydrogen-bond donors (Lipinski definition) is 2. The maximum Gasteiger partial charge on any atom is 0.143 e. The summed E-state index contributed by atoms with van der Waals surface area (Å²) in [6, 6.07) is 2.04. The molecule has 1 heterocycles. The van der Waals surface area contributed by atoms with Gasteiger partial charge in [0.05, 0.1) is 2.88 Å². The molecule has 0 unspecified atom stereocenters. The second-order valence-electron chi connectivity index (χ2n) is 1.86. The Morgan fingerprint density at radius 2 is 2.55 bits per heavy atom. The van der Waals surface area contributed by atoms with E-state index in [2.05, 4.69) is 33.0 Å². The van der Waals surface area contributed by atoms with Gasteiger partial charge in [0, 0.05) is 18.0 Å². The molecule has 0 saturated heterocycles. The van der Waals surface area contributed by atoms with E-state index in [1.165, 1.54) is 2.88 Å². The lowest BCUT2D eigenvalue weighted by molar-refractivity contribution is 1.02. The van der Waals surface area contributed by atoms with Gasteiger partial charge in [-0.2, -0.15) is 0 Å². The quantitative estimate of drug-likeness (QED) is 0.267. The van der Waals surface area contributed by atoms with Crippen molar-refractivity contribution in [2.24, 2.45) is 10.8 Å². The van der Waals surface area contributed by atoms with Crippen LogP contribution in [0, 0.1) is 2.88 Å². The Balaban J connectivity index is 2.91. The van der Waals surface area contributed by atoms with Gasteiger partial charge < -0.3 is 5.43 Å². The number of halogens is 1. The van der Waals surface area contributed by atoms with Crippen LogP contribution in [0.2, 0.25) is 0 Å². The average Bonchev–Trinajstić information content (AvgIpc) is 2.39. The minimum Gasteiger partial charge on any atom is -0.308 e. The van der Waals surface area contributed by atoms with Crippen molar-refractivity contribution in [3.05, 3.63) is 19.9 Å². The molecule has 0 bridgehead atoms. The van der Waals surface area contributed by atoms with E-state index < -0.39 is 0 Å². The third-order valence-corrected chi connectivity index (χ3v) is 2.99. The number of amidine groups is 1. The molecule has 0 aliphatic heterocycles. The molecule has 0 aromatic carbocycles. The summed E-state index contributed by atoms with van der Waals surface area (Å²) in [4.78, 5) is 3.97. The van der Waals surface area contributed by atoms with Crippen LogP contribution in [0.4, 0.5) is 0 Å². The van der Waals surface area contributed by atoms with Crippen molar-refractivity contribution in [1.82, 2.24) is 5.43 Å². The Labute approximate surface area is 82.8 Å². The van der Waals surface area contributed by atoms with E-state index in [0.29, 0.717) is 0 Å². The number of nitrogens with two attached hydrogens (primary N) is 1. The van der Waals surface area contributed by atoms with Crippen LogP contribution >= 0.6 is 33.9 Å². The average molecular weight is 281 g/mol. The van der Waals surface area contributed by atoms with Crippen molar-refractivity contribution in [1.29, 1.82) is 0 Å². The topological polar surface area (TPSA) is 50.4 Å². The summed E-state index contributed by atoms with van der Waals surface area (Å²) >= 11 is 3.94. The van der Waals surface area contributed by atoms with Gasteiger partial charge in [-0.25, -0.2) is 5.84 Å². The number of hydrogen-bond acceptors (Lipinski definition) is 3. The van der Waals surface area contributed by atoms with Gasteiger partial charge in [-0.1, -0.05) is 0 Å². The molecule has 0 aliphatic rings. The molecule has 0 aliphatic carbocycles. The van der Waals surface area contributed by atoms with E-state index in [9.17, 15) is 0 Å². The van der Waals surface area contributed by atoms with Crippen molar-refractivity contribution in [3.63, 3.8) is 0 Å². The van der Waals surface area contributed by atoms with Crippen molar-refractivity contribution >= 4 is 39.8 Å². The highest BCUT2D eigenvalue weighted by atomic mass is 127. The van der Waals surface area contributed by atoms with Crippen LogP contribution in [0.15, 0.2) is 16.4 Å². The van der Waals surface area contributed by atoms with E-state index in [1.807, 2.05) is 11.4 Å². The number of aliphatic imine (C=N–C) groups is 1. The molecular formula is C6H8IN3S. The molecule has 1 aromatic heterocycles. The smallest absolute Gasteiger partial charge is 0.143 e. The second kappa shape index (κ2) is 4.03. The summed E-state index contributed by atoms with van der Waals surface area (Å²) < 4.78 is 1.23. The Morgan fingerprint density at radius 3 is 2.91 bits per heavy atom. The van der Waals surface area contributed by atoms with Crippen molar-refractivity contribution < 1.29 is 0 Å². The Morgan fingerprint density at radius 1 is 1.82 bits per heavy atom. The fourth-order valence-electron chi connectivity index (χ4n) is 0.711. The number of nitrogens with zero attached hydrogens (tertiary/aromatic N) is 1. The summed E-state index contributed by atoms with van der Waals surface area (Å²) in [5, 5.41) is 2.02. The number of nitrogens with one attached hydrogen (secondary N) is 1. The first kappa shape index (κ1) is 8.95. The van der Waals surface area contributed by atoms with Crippen molar-refractivity contribution in [2.45, 2.75) is 0 Å². The zero-order valence-corrected chi connectivity index (χ0v) is 8.94. The standard InChI is InChI=1S/C6H8IN3S/c1-9-6(10-8)4-2-5(7)11-3-4/h2-3H,8H2,1H3,(H,9,10). The third-order valence-electron chi connectivity index (χ3n) is 1.20. The minimum atomic E-state index is 0.726. The predicted octanol–water partition coefficient (Wildman–Crippen LogP) is 1.19. The first-order valence-corrected chi connectivity index (χ1v) is 4.91. The van der Waals surface area contributed by atoms with Gasteiger partial charge in [-0.15, -0.1) is 11.3 Å². The SMILES string of the molecule is CN=C(NN)c1csc(I)c1. The molecule has 3 N–H and O–H groups in total. The van der Waals surface area contributed by atoms with Gasteiger partial charge in [-0.05, 0) is 28.7 Å². The number of thiophene rings is 1. The highest BCUT2D eigenvalue weighted by molar-refractivity contribution is 14.1. The Bertz CT molecular complexity index is 269. The zero-order valence-electron chi connectivity index (χ0n) is 5.97. The van der Waals surface area contributed by atoms with Gasteiger partial charge in [0.25, 0.3) is 0 Å². The lowest BCUT2D eigenvalue weighted by Crippen LogP contribution is -2.30. The molecule has 11 heavy (non-hydrogen) atoms. The van der Waals surface area contributed by atoms with Gasteiger partial charge in [0.15, 0.2) is 0 Å². The predicted molar refractivity (Wildman–Crippen MR) is 56.8 cm³/mol. The highest BCUT2D eigenvalue weighted by Gasteiger charge is 2.01. The van der Waals surface area contributed by atoms with Gasteiger partial charge in [0.2, 0.25) is 0 Å². The highest BCUT2D eigenvalue weighted by Crippen LogP contribution is 2.16. The largest absolute Gasteiger partial charge is 0.308 e.